The number of rotatable bonds is 7. The average molecular weight is 722 g/mol. The Labute approximate surface area is 304 Å². The lowest BCUT2D eigenvalue weighted by Gasteiger charge is -2.31. The smallest absolute Gasteiger partial charge is 0.184 e. The van der Waals surface area contributed by atoms with Gasteiger partial charge in [-0.3, -0.25) is 5.10 Å². The van der Waals surface area contributed by atoms with E-state index in [4.69, 9.17) is 5.26 Å². The van der Waals surface area contributed by atoms with Crippen molar-refractivity contribution in [2.45, 2.75) is 16.5 Å². The zero-order valence-electron chi connectivity index (χ0n) is 27.7. The number of benzene rings is 4. The van der Waals surface area contributed by atoms with Crippen LogP contribution in [0, 0.1) is 11.3 Å². The van der Waals surface area contributed by atoms with Gasteiger partial charge in [-0.15, -0.1) is 22.7 Å². The fourth-order valence-electron chi connectivity index (χ4n) is 6.11. The second-order valence-electron chi connectivity index (χ2n) is 12.0. The Morgan fingerprint density at radius 3 is 1.88 bits per heavy atom. The summed E-state index contributed by atoms with van der Waals surface area (Å²) >= 11 is 2.59. The summed E-state index contributed by atoms with van der Waals surface area (Å²) in [6.07, 6.45) is 4.43. The van der Waals surface area contributed by atoms with E-state index in [9.17, 15) is 8.42 Å². The maximum Gasteiger partial charge on any atom is 0.184 e. The van der Waals surface area contributed by atoms with E-state index in [0.29, 0.717) is 14.8 Å². The Bertz CT molecular complexity index is 2490. The summed E-state index contributed by atoms with van der Waals surface area (Å²) in [6, 6.07) is 47.2. The quantitative estimate of drug-likeness (QED) is 0.164. The van der Waals surface area contributed by atoms with E-state index in [-0.39, 0.29) is 5.41 Å². The number of nitriles is 1. The van der Waals surface area contributed by atoms with Gasteiger partial charge in [0.25, 0.3) is 0 Å². The van der Waals surface area contributed by atoms with Crippen molar-refractivity contribution in [1.82, 2.24) is 20.2 Å². The zero-order chi connectivity index (χ0) is 35.4. The van der Waals surface area contributed by atoms with Gasteiger partial charge in [-0.25, -0.2) is 18.4 Å². The standard InChI is InChI=1S/C21H13N5O2S3.C20H18/c1-31(27,28)19-7-6-17(30-19)20-14-8-12(2-4-16(14)23-11-24-20)15-10-25-26-21(15)18-5-3-13(9-22)29-18;1-20(17-11-5-2-6-12-17,18-13-7-3-8-14-18)19-15-9-4-10-16-19/h2-8,10-11H,1H3,(H,25,26);2-16H,1H3. The molecule has 7 nitrogen and oxygen atoms in total. The monoisotopic (exact) mass is 721 g/mol. The van der Waals surface area contributed by atoms with Crippen molar-refractivity contribution >= 4 is 43.4 Å². The van der Waals surface area contributed by atoms with E-state index in [1.807, 2.05) is 24.3 Å². The van der Waals surface area contributed by atoms with Crippen molar-refractivity contribution in [1.29, 1.82) is 5.26 Å². The molecule has 0 radical (unpaired) electrons. The van der Waals surface area contributed by atoms with Crippen molar-refractivity contribution in [3.63, 3.8) is 0 Å². The predicted molar refractivity (Wildman–Crippen MR) is 206 cm³/mol. The van der Waals surface area contributed by atoms with E-state index < -0.39 is 9.84 Å². The molecule has 4 aromatic carbocycles. The van der Waals surface area contributed by atoms with Crippen molar-refractivity contribution in [2.24, 2.45) is 0 Å². The van der Waals surface area contributed by atoms with E-state index in [1.54, 1.807) is 24.4 Å². The lowest BCUT2D eigenvalue weighted by Crippen LogP contribution is -2.25. The Kier molecular flexibility index (Phi) is 9.43. The van der Waals surface area contributed by atoms with Gasteiger partial charge in [-0.1, -0.05) is 97.1 Å². The van der Waals surface area contributed by atoms with Crippen molar-refractivity contribution in [2.75, 3.05) is 6.26 Å². The first-order valence-corrected chi connectivity index (χ1v) is 19.5. The molecular weight excluding hydrogens is 691 g/mol. The van der Waals surface area contributed by atoms with Gasteiger partial charge < -0.3 is 0 Å². The maximum atomic E-state index is 11.9. The van der Waals surface area contributed by atoms with Gasteiger partial charge in [0.2, 0.25) is 0 Å². The Morgan fingerprint density at radius 1 is 0.725 bits per heavy atom. The molecule has 8 rings (SSSR count). The van der Waals surface area contributed by atoms with Crippen LogP contribution in [0.2, 0.25) is 0 Å². The van der Waals surface area contributed by atoms with Crippen LogP contribution in [-0.2, 0) is 15.3 Å². The summed E-state index contributed by atoms with van der Waals surface area (Å²) in [7, 11) is -3.28. The third-order valence-electron chi connectivity index (χ3n) is 8.78. The molecule has 0 fully saturated rings. The third kappa shape index (κ3) is 6.87. The number of fused-ring (bicyclic) bond motifs is 1. The molecule has 250 valence electrons. The van der Waals surface area contributed by atoms with Gasteiger partial charge in [-0.05, 0) is 65.6 Å². The first-order chi connectivity index (χ1) is 24.8. The zero-order valence-corrected chi connectivity index (χ0v) is 30.1. The first-order valence-electron chi connectivity index (χ1n) is 16.0. The van der Waals surface area contributed by atoms with Crippen LogP contribution < -0.4 is 0 Å². The Morgan fingerprint density at radius 2 is 1.33 bits per heavy atom. The predicted octanol–water partition coefficient (Wildman–Crippen LogP) is 9.79. The van der Waals surface area contributed by atoms with Crippen LogP contribution in [0.15, 0.2) is 150 Å². The van der Waals surface area contributed by atoms with Gasteiger partial charge >= 0.3 is 0 Å². The summed E-state index contributed by atoms with van der Waals surface area (Å²) in [5.41, 5.74) is 7.91. The number of thiophene rings is 2. The number of nitrogens with zero attached hydrogens (tertiary/aromatic N) is 4. The van der Waals surface area contributed by atoms with Gasteiger partial charge in [0.05, 0.1) is 32.9 Å². The highest BCUT2D eigenvalue weighted by molar-refractivity contribution is 7.92. The van der Waals surface area contributed by atoms with Gasteiger partial charge in [0.15, 0.2) is 9.84 Å². The molecule has 8 aromatic rings. The highest BCUT2D eigenvalue weighted by atomic mass is 32.2. The van der Waals surface area contributed by atoms with Crippen LogP contribution in [0.3, 0.4) is 0 Å². The normalized spacial score (nSPS) is 11.5. The molecule has 0 aliphatic carbocycles. The number of aromatic amines is 1. The molecule has 0 spiro atoms. The molecule has 0 saturated carbocycles. The molecule has 4 aromatic heterocycles. The molecule has 1 N–H and O–H groups in total. The topological polar surface area (TPSA) is 112 Å². The molecule has 0 amide bonds. The fraction of sp³-hybridized carbons (Fsp3) is 0.0732. The maximum absolute atomic E-state index is 11.9. The Balaban J connectivity index is 0.000000175. The summed E-state index contributed by atoms with van der Waals surface area (Å²) in [5.74, 6) is 0. The lowest BCUT2D eigenvalue weighted by molar-refractivity contribution is 0.604. The molecule has 0 atom stereocenters. The highest BCUT2D eigenvalue weighted by Crippen LogP contribution is 2.40. The number of hydrogen-bond acceptors (Lipinski definition) is 8. The fourth-order valence-corrected chi connectivity index (χ4v) is 8.86. The average Bonchev–Trinajstić information content (AvgIpc) is 3.97. The molecule has 0 bridgehead atoms. The van der Waals surface area contributed by atoms with Crippen molar-refractivity contribution in [3.05, 3.63) is 168 Å². The van der Waals surface area contributed by atoms with E-state index in [0.717, 1.165) is 37.5 Å². The second-order valence-corrected chi connectivity index (χ2v) is 16.4. The van der Waals surface area contributed by atoms with Crippen LogP contribution >= 0.6 is 22.7 Å². The van der Waals surface area contributed by atoms with Gasteiger partial charge in [-0.2, -0.15) is 10.4 Å². The molecule has 10 heteroatoms. The molecule has 0 saturated heterocycles. The summed E-state index contributed by atoms with van der Waals surface area (Å²) in [4.78, 5) is 11.1. The largest absolute Gasteiger partial charge is 0.276 e. The van der Waals surface area contributed by atoms with Crippen LogP contribution in [0.4, 0.5) is 0 Å². The summed E-state index contributed by atoms with van der Waals surface area (Å²) < 4.78 is 24.1. The van der Waals surface area contributed by atoms with Crippen molar-refractivity contribution < 1.29 is 8.42 Å². The first kappa shape index (κ1) is 33.8. The van der Waals surface area contributed by atoms with E-state index in [2.05, 4.69) is 124 Å². The minimum Gasteiger partial charge on any atom is -0.276 e. The minimum atomic E-state index is -3.28. The van der Waals surface area contributed by atoms with Crippen LogP contribution in [0.25, 0.3) is 43.2 Å². The van der Waals surface area contributed by atoms with Crippen molar-refractivity contribution in [3.8, 4) is 38.3 Å². The number of nitrogens with one attached hydrogen (secondary N) is 1. The molecule has 0 unspecified atom stereocenters. The number of H-pyrrole nitrogens is 1. The number of aromatic nitrogens is 4. The number of hydrogen-bond donors (Lipinski definition) is 1. The molecular formula is C41H31N5O2S3. The second kappa shape index (κ2) is 14.2. The third-order valence-corrected chi connectivity index (χ3v) is 12.7. The van der Waals surface area contributed by atoms with E-state index in [1.165, 1.54) is 51.9 Å². The lowest BCUT2D eigenvalue weighted by atomic mass is 9.71. The summed E-state index contributed by atoms with van der Waals surface area (Å²) in [6.45, 7) is 2.30. The van der Waals surface area contributed by atoms with E-state index >= 15 is 0 Å². The highest BCUT2D eigenvalue weighted by Gasteiger charge is 2.30. The molecule has 51 heavy (non-hydrogen) atoms. The Hall–Kier alpha value is -5.73. The molecule has 0 aliphatic rings. The SMILES string of the molecule is CC(c1ccccc1)(c1ccccc1)c1ccccc1.CS(=O)(=O)c1ccc(-c2ncnc3ccc(-c4cn[nH]c4-c4ccc(C#N)s4)cc23)s1. The van der Waals surface area contributed by atoms with Crippen LogP contribution in [0.5, 0.6) is 0 Å². The molecule has 4 heterocycles. The van der Waals surface area contributed by atoms with Crippen LogP contribution in [-0.4, -0.2) is 34.8 Å². The van der Waals surface area contributed by atoms with Crippen LogP contribution in [0.1, 0.15) is 28.5 Å². The minimum absolute atomic E-state index is 0.121. The molecule has 0 aliphatic heterocycles. The summed E-state index contributed by atoms with van der Waals surface area (Å²) in [5, 5.41) is 17.2. The van der Waals surface area contributed by atoms with Gasteiger partial charge in [0.1, 0.15) is 21.5 Å². The van der Waals surface area contributed by atoms with Gasteiger partial charge in [0, 0.05) is 22.6 Å². The number of sulfone groups is 1.